The highest BCUT2D eigenvalue weighted by molar-refractivity contribution is 5.80. The second-order valence-corrected chi connectivity index (χ2v) is 6.09. The number of carbonyl (C=O) groups excluding carboxylic acids is 1. The van der Waals surface area contributed by atoms with Crippen LogP contribution in [-0.4, -0.2) is 75.2 Å². The molecule has 21 heavy (non-hydrogen) atoms. The lowest BCUT2D eigenvalue weighted by Gasteiger charge is -2.31. The third kappa shape index (κ3) is 8.39. The van der Waals surface area contributed by atoms with Gasteiger partial charge in [0, 0.05) is 6.54 Å². The lowest BCUT2D eigenvalue weighted by molar-refractivity contribution is -0.148. The standard InChI is InChI=1S/C16H35N3O2/c1-7-11-17-16(3,15(20)21-6)10-14-19(8-2)13-9-12-18(4)5/h17H,7-14H2,1-6H3. The zero-order valence-electron chi connectivity index (χ0n) is 14.9. The number of hydrogen-bond acceptors (Lipinski definition) is 5. The third-order valence-corrected chi connectivity index (χ3v) is 3.86. The number of methoxy groups -OCH3 is 1. The van der Waals surface area contributed by atoms with Crippen LogP contribution in [0.3, 0.4) is 0 Å². The zero-order chi connectivity index (χ0) is 16.3. The van der Waals surface area contributed by atoms with Crippen LogP contribution in [0, 0.1) is 0 Å². The Morgan fingerprint density at radius 3 is 2.33 bits per heavy atom. The average molecular weight is 301 g/mol. The normalized spacial score (nSPS) is 14.5. The Morgan fingerprint density at radius 1 is 1.19 bits per heavy atom. The molecule has 5 nitrogen and oxygen atoms in total. The van der Waals surface area contributed by atoms with E-state index in [2.05, 4.69) is 43.1 Å². The van der Waals surface area contributed by atoms with E-state index in [0.29, 0.717) is 0 Å². The Kier molecular flexibility index (Phi) is 10.6. The summed E-state index contributed by atoms with van der Waals surface area (Å²) in [5.74, 6) is -0.166. The number of nitrogens with one attached hydrogen (secondary N) is 1. The van der Waals surface area contributed by atoms with Crippen LogP contribution in [0.15, 0.2) is 0 Å². The summed E-state index contributed by atoms with van der Waals surface area (Å²) in [6, 6.07) is 0. The average Bonchev–Trinajstić information content (AvgIpc) is 2.47. The largest absolute Gasteiger partial charge is 0.468 e. The summed E-state index contributed by atoms with van der Waals surface area (Å²) in [6.07, 6.45) is 2.93. The summed E-state index contributed by atoms with van der Waals surface area (Å²) in [5, 5.41) is 3.34. The van der Waals surface area contributed by atoms with Crippen LogP contribution < -0.4 is 5.32 Å². The molecule has 0 fully saturated rings. The van der Waals surface area contributed by atoms with Crippen molar-refractivity contribution in [3.63, 3.8) is 0 Å². The summed E-state index contributed by atoms with van der Waals surface area (Å²) in [7, 11) is 5.65. The third-order valence-electron chi connectivity index (χ3n) is 3.86. The molecular weight excluding hydrogens is 266 g/mol. The number of carbonyl (C=O) groups is 1. The Morgan fingerprint density at radius 2 is 1.86 bits per heavy atom. The van der Waals surface area contributed by atoms with Crippen molar-refractivity contribution < 1.29 is 9.53 Å². The van der Waals surface area contributed by atoms with E-state index in [-0.39, 0.29) is 5.97 Å². The van der Waals surface area contributed by atoms with Gasteiger partial charge in [-0.15, -0.1) is 0 Å². The zero-order valence-corrected chi connectivity index (χ0v) is 14.9. The van der Waals surface area contributed by atoms with Gasteiger partial charge in [0.1, 0.15) is 5.54 Å². The summed E-state index contributed by atoms with van der Waals surface area (Å²) < 4.78 is 4.96. The Labute approximate surface area is 131 Å². The van der Waals surface area contributed by atoms with Crippen LogP contribution in [0.1, 0.15) is 40.0 Å². The maximum Gasteiger partial charge on any atom is 0.325 e. The summed E-state index contributed by atoms with van der Waals surface area (Å²) in [4.78, 5) is 16.6. The first kappa shape index (κ1) is 20.3. The lowest BCUT2D eigenvalue weighted by atomic mass is 9.97. The van der Waals surface area contributed by atoms with Gasteiger partial charge in [0.05, 0.1) is 7.11 Å². The fraction of sp³-hybridized carbons (Fsp3) is 0.938. The smallest absolute Gasteiger partial charge is 0.325 e. The van der Waals surface area contributed by atoms with E-state index >= 15 is 0 Å². The summed E-state index contributed by atoms with van der Waals surface area (Å²) >= 11 is 0. The van der Waals surface area contributed by atoms with Crippen LogP contribution in [0.25, 0.3) is 0 Å². The number of rotatable bonds is 12. The Bertz CT molecular complexity index is 285. The fourth-order valence-electron chi connectivity index (χ4n) is 2.31. The fourth-order valence-corrected chi connectivity index (χ4v) is 2.31. The number of hydrogen-bond donors (Lipinski definition) is 1. The molecule has 0 bridgehead atoms. The number of nitrogens with zero attached hydrogens (tertiary/aromatic N) is 2. The first-order valence-corrected chi connectivity index (χ1v) is 8.10. The van der Waals surface area contributed by atoms with Gasteiger partial charge in [-0.3, -0.25) is 4.79 Å². The molecule has 1 unspecified atom stereocenters. The first-order valence-electron chi connectivity index (χ1n) is 8.10. The van der Waals surface area contributed by atoms with Gasteiger partial charge in [0.15, 0.2) is 0 Å². The van der Waals surface area contributed by atoms with Gasteiger partial charge < -0.3 is 19.9 Å². The van der Waals surface area contributed by atoms with Crippen molar-refractivity contribution in [2.24, 2.45) is 0 Å². The van der Waals surface area contributed by atoms with Crippen molar-refractivity contribution in [1.82, 2.24) is 15.1 Å². The molecule has 0 heterocycles. The van der Waals surface area contributed by atoms with E-state index in [0.717, 1.165) is 52.0 Å². The SMILES string of the molecule is CCCNC(C)(CCN(CC)CCCN(C)C)C(=O)OC. The second kappa shape index (κ2) is 11.0. The summed E-state index contributed by atoms with van der Waals surface area (Å²) in [5.41, 5.74) is -0.584. The Balaban J connectivity index is 4.38. The molecule has 0 aromatic rings. The summed E-state index contributed by atoms with van der Waals surface area (Å²) in [6.45, 7) is 11.1. The van der Waals surface area contributed by atoms with Gasteiger partial charge in [-0.05, 0) is 66.5 Å². The van der Waals surface area contributed by atoms with Crippen LogP contribution >= 0.6 is 0 Å². The van der Waals surface area contributed by atoms with E-state index in [9.17, 15) is 4.79 Å². The van der Waals surface area contributed by atoms with Crippen molar-refractivity contribution in [3.8, 4) is 0 Å². The van der Waals surface area contributed by atoms with Crippen molar-refractivity contribution in [3.05, 3.63) is 0 Å². The maximum atomic E-state index is 12.0. The van der Waals surface area contributed by atoms with Crippen LogP contribution in [0.2, 0.25) is 0 Å². The molecule has 0 aromatic heterocycles. The molecule has 0 radical (unpaired) electrons. The molecule has 0 aliphatic rings. The van der Waals surface area contributed by atoms with Crippen LogP contribution in [0.5, 0.6) is 0 Å². The number of ether oxygens (including phenoxy) is 1. The van der Waals surface area contributed by atoms with E-state index in [1.54, 1.807) is 0 Å². The van der Waals surface area contributed by atoms with Gasteiger partial charge in [-0.2, -0.15) is 0 Å². The predicted octanol–water partition coefficient (Wildman–Crippen LogP) is 1.58. The minimum Gasteiger partial charge on any atom is -0.468 e. The number of esters is 1. The topological polar surface area (TPSA) is 44.8 Å². The molecule has 0 aromatic carbocycles. The highest BCUT2D eigenvalue weighted by atomic mass is 16.5. The maximum absolute atomic E-state index is 12.0. The molecular formula is C16H35N3O2. The monoisotopic (exact) mass is 301 g/mol. The molecule has 0 rings (SSSR count). The van der Waals surface area contributed by atoms with E-state index in [1.807, 2.05) is 6.92 Å². The molecule has 1 atom stereocenters. The highest BCUT2D eigenvalue weighted by Gasteiger charge is 2.33. The van der Waals surface area contributed by atoms with E-state index in [1.165, 1.54) is 7.11 Å². The quantitative estimate of drug-likeness (QED) is 0.555. The molecule has 126 valence electrons. The molecule has 0 amide bonds. The Hall–Kier alpha value is -0.650. The molecule has 0 spiro atoms. The minimum atomic E-state index is -0.584. The van der Waals surface area contributed by atoms with Gasteiger partial charge in [-0.1, -0.05) is 13.8 Å². The van der Waals surface area contributed by atoms with Crippen LogP contribution in [0.4, 0.5) is 0 Å². The van der Waals surface area contributed by atoms with Gasteiger partial charge in [0.25, 0.3) is 0 Å². The predicted molar refractivity (Wildman–Crippen MR) is 88.6 cm³/mol. The molecule has 5 heteroatoms. The van der Waals surface area contributed by atoms with Gasteiger partial charge in [0.2, 0.25) is 0 Å². The molecule has 0 saturated heterocycles. The lowest BCUT2D eigenvalue weighted by Crippen LogP contribution is -2.52. The minimum absolute atomic E-state index is 0.166. The molecule has 1 N–H and O–H groups in total. The first-order chi connectivity index (χ1) is 9.89. The highest BCUT2D eigenvalue weighted by Crippen LogP contribution is 2.13. The van der Waals surface area contributed by atoms with Crippen molar-refractivity contribution in [1.29, 1.82) is 0 Å². The van der Waals surface area contributed by atoms with Crippen molar-refractivity contribution >= 4 is 5.97 Å². The molecule has 0 saturated carbocycles. The molecule has 0 aliphatic heterocycles. The van der Waals surface area contributed by atoms with Crippen molar-refractivity contribution in [2.75, 3.05) is 53.9 Å². The van der Waals surface area contributed by atoms with Crippen molar-refractivity contribution in [2.45, 2.75) is 45.6 Å². The van der Waals surface area contributed by atoms with Crippen LogP contribution in [-0.2, 0) is 9.53 Å². The van der Waals surface area contributed by atoms with E-state index in [4.69, 9.17) is 4.74 Å². The second-order valence-electron chi connectivity index (χ2n) is 6.09. The van der Waals surface area contributed by atoms with Gasteiger partial charge >= 0.3 is 5.97 Å². The molecule has 0 aliphatic carbocycles. The van der Waals surface area contributed by atoms with Gasteiger partial charge in [-0.25, -0.2) is 0 Å². The van der Waals surface area contributed by atoms with E-state index < -0.39 is 5.54 Å².